The van der Waals surface area contributed by atoms with E-state index in [-0.39, 0.29) is 25.6 Å². The van der Waals surface area contributed by atoms with E-state index in [1.807, 2.05) is 60.7 Å². The first-order valence-electron chi connectivity index (χ1n) is 11.9. The van der Waals surface area contributed by atoms with E-state index in [1.165, 1.54) is 8.87 Å². The van der Waals surface area contributed by atoms with Crippen LogP contribution in [0, 0.1) is 6.92 Å². The number of nitrogens with zero attached hydrogens (tertiary/aromatic N) is 3. The molecule has 2 aromatic carbocycles. The van der Waals surface area contributed by atoms with Crippen molar-refractivity contribution in [3.8, 4) is 0 Å². The van der Waals surface area contributed by atoms with Crippen LogP contribution in [0.15, 0.2) is 71.7 Å². The van der Waals surface area contributed by atoms with Gasteiger partial charge in [-0.25, -0.2) is 13.2 Å². The third kappa shape index (κ3) is 5.05. The molecule has 5 rings (SSSR count). The van der Waals surface area contributed by atoms with Crippen LogP contribution in [0.3, 0.4) is 0 Å². The second-order valence-electron chi connectivity index (χ2n) is 9.57. The Hall–Kier alpha value is -3.09. The molecular formula is C26H30N4O6S. The standard InChI is InChI=1S/C26H30N4O6S/c1-18-13-29(25(31)28-23(18)27)24-21-22(35-15-20-11-7-4-8-12-20)26(36-24,16-30(21)37(2,32)33)17-34-14-19-9-5-3-6-10-19/h3-13,21-22,24H,14-17H2,1-2H3,(H2,27,28,31)/t21-,22+,24-,26-/m1/s1. The fraction of sp³-hybridized carbons (Fsp3) is 0.385. The molecule has 2 bridgehead atoms. The Balaban J connectivity index is 1.51. The minimum Gasteiger partial charge on any atom is -0.383 e. The van der Waals surface area contributed by atoms with Crippen LogP contribution >= 0.6 is 0 Å². The van der Waals surface area contributed by atoms with Crippen LogP contribution in [-0.2, 0) is 37.4 Å². The number of benzene rings is 2. The number of ether oxygens (including phenoxy) is 3. The summed E-state index contributed by atoms with van der Waals surface area (Å²) in [7, 11) is -3.68. The molecule has 2 aliphatic rings. The Morgan fingerprint density at radius 2 is 1.70 bits per heavy atom. The van der Waals surface area contributed by atoms with Gasteiger partial charge in [-0.15, -0.1) is 0 Å². The number of nitrogens with two attached hydrogens (primary N) is 1. The minimum absolute atomic E-state index is 0.0391. The quantitative estimate of drug-likeness (QED) is 0.448. The highest BCUT2D eigenvalue weighted by Gasteiger charge is 2.67. The van der Waals surface area contributed by atoms with Gasteiger partial charge in [-0.05, 0) is 18.1 Å². The van der Waals surface area contributed by atoms with Gasteiger partial charge >= 0.3 is 5.69 Å². The number of rotatable bonds is 9. The number of aromatic nitrogens is 2. The van der Waals surface area contributed by atoms with Gasteiger partial charge in [-0.3, -0.25) is 4.57 Å². The Morgan fingerprint density at radius 3 is 2.32 bits per heavy atom. The molecule has 2 N–H and O–H groups in total. The van der Waals surface area contributed by atoms with E-state index in [2.05, 4.69) is 4.98 Å². The lowest BCUT2D eigenvalue weighted by Crippen LogP contribution is -2.51. The summed E-state index contributed by atoms with van der Waals surface area (Å²) in [6, 6.07) is 18.4. The fourth-order valence-electron chi connectivity index (χ4n) is 5.04. The Labute approximate surface area is 215 Å². The lowest BCUT2D eigenvalue weighted by Gasteiger charge is -2.36. The lowest BCUT2D eigenvalue weighted by atomic mass is 10.00. The smallest absolute Gasteiger partial charge is 0.351 e. The van der Waals surface area contributed by atoms with Crippen molar-refractivity contribution in [2.45, 2.75) is 44.1 Å². The highest BCUT2D eigenvalue weighted by atomic mass is 32.2. The van der Waals surface area contributed by atoms with E-state index >= 15 is 0 Å². The molecule has 2 aliphatic heterocycles. The van der Waals surface area contributed by atoms with Crippen LogP contribution in [0.5, 0.6) is 0 Å². The summed E-state index contributed by atoms with van der Waals surface area (Å²) >= 11 is 0. The Morgan fingerprint density at radius 1 is 1.08 bits per heavy atom. The average Bonchev–Trinajstić information content (AvgIpc) is 3.35. The van der Waals surface area contributed by atoms with Crippen molar-refractivity contribution in [2.24, 2.45) is 0 Å². The molecule has 196 valence electrons. The van der Waals surface area contributed by atoms with E-state index in [0.717, 1.165) is 17.4 Å². The topological polar surface area (TPSA) is 126 Å². The van der Waals surface area contributed by atoms with Gasteiger partial charge in [-0.2, -0.15) is 9.29 Å². The molecule has 0 amide bonds. The second kappa shape index (κ2) is 9.99. The summed E-state index contributed by atoms with van der Waals surface area (Å²) in [5.41, 5.74) is 6.54. The van der Waals surface area contributed by atoms with Gasteiger partial charge in [-0.1, -0.05) is 60.7 Å². The van der Waals surface area contributed by atoms with Gasteiger partial charge in [0.2, 0.25) is 10.0 Å². The molecule has 0 unspecified atom stereocenters. The van der Waals surface area contributed by atoms with E-state index < -0.39 is 39.7 Å². The summed E-state index contributed by atoms with van der Waals surface area (Å²) in [5, 5.41) is 0. The van der Waals surface area contributed by atoms with Crippen LogP contribution in [0.1, 0.15) is 22.9 Å². The van der Waals surface area contributed by atoms with Gasteiger partial charge in [0.1, 0.15) is 17.5 Å². The second-order valence-corrected chi connectivity index (χ2v) is 11.5. The first-order valence-corrected chi connectivity index (χ1v) is 13.8. The number of morpholine rings is 1. The zero-order valence-corrected chi connectivity index (χ0v) is 21.5. The largest absolute Gasteiger partial charge is 0.383 e. The third-order valence-electron chi connectivity index (χ3n) is 6.84. The number of hydrogen-bond acceptors (Lipinski definition) is 8. The Kier molecular flexibility index (Phi) is 6.90. The molecule has 37 heavy (non-hydrogen) atoms. The van der Waals surface area contributed by atoms with Gasteiger partial charge < -0.3 is 19.9 Å². The zero-order chi connectivity index (χ0) is 26.2. The molecule has 2 fully saturated rings. The third-order valence-corrected chi connectivity index (χ3v) is 8.06. The van der Waals surface area contributed by atoms with Crippen molar-refractivity contribution >= 4 is 15.8 Å². The molecule has 3 heterocycles. The van der Waals surface area contributed by atoms with Crippen molar-refractivity contribution in [3.05, 3.63) is 94.0 Å². The molecule has 11 heteroatoms. The average molecular weight is 527 g/mol. The molecule has 1 aromatic heterocycles. The highest BCUT2D eigenvalue weighted by Crippen LogP contribution is 2.49. The normalized spacial score (nSPS) is 25.5. The van der Waals surface area contributed by atoms with E-state index in [9.17, 15) is 13.2 Å². The van der Waals surface area contributed by atoms with Crippen LogP contribution in [0.4, 0.5) is 5.82 Å². The predicted molar refractivity (Wildman–Crippen MR) is 137 cm³/mol. The minimum atomic E-state index is -3.68. The molecule has 0 spiro atoms. The Bertz CT molecular complexity index is 1420. The molecule has 4 atom stereocenters. The number of anilines is 1. The number of aryl methyl sites for hydroxylation is 1. The maximum atomic E-state index is 12.9. The molecule has 0 saturated carbocycles. The van der Waals surface area contributed by atoms with Gasteiger partial charge in [0.25, 0.3) is 0 Å². The first kappa shape index (κ1) is 25.6. The van der Waals surface area contributed by atoms with Crippen LogP contribution in [-0.4, -0.2) is 59.4 Å². The summed E-state index contributed by atoms with van der Waals surface area (Å²) in [4.78, 5) is 16.7. The molecule has 0 aliphatic carbocycles. The van der Waals surface area contributed by atoms with Crippen LogP contribution in [0.25, 0.3) is 0 Å². The van der Waals surface area contributed by atoms with Crippen LogP contribution < -0.4 is 11.4 Å². The molecule has 3 aromatic rings. The zero-order valence-electron chi connectivity index (χ0n) is 20.7. The summed E-state index contributed by atoms with van der Waals surface area (Å²) < 4.78 is 47.4. The molecular weight excluding hydrogens is 496 g/mol. The maximum absolute atomic E-state index is 12.9. The number of sulfonamides is 1. The summed E-state index contributed by atoms with van der Waals surface area (Å²) in [6.45, 7) is 2.38. The molecule has 10 nitrogen and oxygen atoms in total. The van der Waals surface area contributed by atoms with Crippen molar-refractivity contribution in [1.29, 1.82) is 0 Å². The van der Waals surface area contributed by atoms with Crippen molar-refractivity contribution < 1.29 is 22.6 Å². The van der Waals surface area contributed by atoms with E-state index in [1.54, 1.807) is 13.1 Å². The van der Waals surface area contributed by atoms with E-state index in [4.69, 9.17) is 19.9 Å². The highest BCUT2D eigenvalue weighted by molar-refractivity contribution is 7.88. The molecule has 2 saturated heterocycles. The van der Waals surface area contributed by atoms with Crippen molar-refractivity contribution in [1.82, 2.24) is 13.9 Å². The van der Waals surface area contributed by atoms with Crippen molar-refractivity contribution in [3.63, 3.8) is 0 Å². The number of fused-ring (bicyclic) bond motifs is 2. The van der Waals surface area contributed by atoms with Gasteiger partial charge in [0.05, 0.1) is 32.1 Å². The number of hydrogen-bond donors (Lipinski definition) is 1. The SMILES string of the molecule is Cc1cn([C@@H]2O[C@@]3(COCc4ccccc4)CN(S(C)(=O)=O)[C@@H]2[C@@H]3OCc2ccccc2)c(=O)nc1N. The van der Waals surface area contributed by atoms with E-state index in [0.29, 0.717) is 12.2 Å². The number of nitrogen functional groups attached to an aromatic ring is 1. The van der Waals surface area contributed by atoms with Crippen LogP contribution in [0.2, 0.25) is 0 Å². The summed E-state index contributed by atoms with van der Waals surface area (Å²) in [6.07, 6.45) is 1.02. The fourth-order valence-corrected chi connectivity index (χ4v) is 6.15. The monoisotopic (exact) mass is 526 g/mol. The first-order chi connectivity index (χ1) is 17.7. The van der Waals surface area contributed by atoms with Gasteiger partial charge in [0.15, 0.2) is 6.23 Å². The lowest BCUT2D eigenvalue weighted by molar-refractivity contribution is -0.163. The van der Waals surface area contributed by atoms with Crippen molar-refractivity contribution in [2.75, 3.05) is 25.1 Å². The molecule has 0 radical (unpaired) electrons. The predicted octanol–water partition coefficient (Wildman–Crippen LogP) is 1.85. The maximum Gasteiger partial charge on any atom is 0.351 e. The summed E-state index contributed by atoms with van der Waals surface area (Å²) in [5.74, 6) is 0.113. The van der Waals surface area contributed by atoms with Gasteiger partial charge in [0, 0.05) is 18.3 Å².